The van der Waals surface area contributed by atoms with Crippen LogP contribution in [0.15, 0.2) is 53.9 Å². The van der Waals surface area contributed by atoms with E-state index in [4.69, 9.17) is 14.2 Å². The fraction of sp³-hybridized carbons (Fsp3) is 0.211. The van der Waals surface area contributed by atoms with Crippen LogP contribution in [0.1, 0.15) is 21.5 Å². The Morgan fingerprint density at radius 2 is 2.03 bits per heavy atom. The van der Waals surface area contributed by atoms with Gasteiger partial charge in [-0.1, -0.05) is 6.08 Å². The Balaban J connectivity index is 1.74. The highest BCUT2D eigenvalue weighted by atomic mass is 32.2. The van der Waals surface area contributed by atoms with Crippen molar-refractivity contribution in [3.05, 3.63) is 75.9 Å². The molecule has 2 aromatic carbocycles. The number of carbonyl (C=O) groups is 1. The number of fused-ring (bicyclic) bond motifs is 1. The van der Waals surface area contributed by atoms with E-state index < -0.39 is 20.9 Å². The summed E-state index contributed by atoms with van der Waals surface area (Å²) >= 11 is 0. The highest BCUT2D eigenvalue weighted by molar-refractivity contribution is 7.89. The number of benzene rings is 2. The largest absolute Gasteiger partial charge is 0.467 e. The summed E-state index contributed by atoms with van der Waals surface area (Å²) in [6, 6.07) is 7.81. The molecule has 3 rings (SSSR count). The SMILES string of the molecule is C=CCNS(=O)(=O)c1ccc(C(=O)OCc2cc([N+](=O)[O-])cc3c2OCOC3)cc1. The number of hydrogen-bond donors (Lipinski definition) is 1. The number of non-ortho nitro benzene ring substituents is 1. The van der Waals surface area contributed by atoms with Crippen molar-refractivity contribution in [3.8, 4) is 5.75 Å². The minimum absolute atomic E-state index is 0.0120. The number of rotatable bonds is 8. The molecule has 0 bridgehead atoms. The summed E-state index contributed by atoms with van der Waals surface area (Å²) < 4.78 is 42.2. The van der Waals surface area contributed by atoms with Crippen molar-refractivity contribution in [2.75, 3.05) is 13.3 Å². The number of sulfonamides is 1. The summed E-state index contributed by atoms with van der Waals surface area (Å²) in [6.07, 6.45) is 1.41. The zero-order chi connectivity index (χ0) is 21.7. The van der Waals surface area contributed by atoms with E-state index in [0.29, 0.717) is 16.9 Å². The van der Waals surface area contributed by atoms with Crippen LogP contribution in [-0.2, 0) is 32.7 Å². The van der Waals surface area contributed by atoms with Gasteiger partial charge < -0.3 is 14.2 Å². The molecule has 0 aliphatic carbocycles. The van der Waals surface area contributed by atoms with Gasteiger partial charge in [-0.05, 0) is 24.3 Å². The third-order valence-corrected chi connectivity index (χ3v) is 5.60. The number of carbonyl (C=O) groups excluding carboxylic acids is 1. The van der Waals surface area contributed by atoms with Crippen LogP contribution in [0.4, 0.5) is 5.69 Å². The number of nitro benzene ring substituents is 1. The first-order valence-corrected chi connectivity index (χ1v) is 10.2. The van der Waals surface area contributed by atoms with Crippen LogP contribution >= 0.6 is 0 Å². The van der Waals surface area contributed by atoms with Gasteiger partial charge in [0.2, 0.25) is 10.0 Å². The molecule has 11 heteroatoms. The number of esters is 1. The third kappa shape index (κ3) is 4.82. The zero-order valence-electron chi connectivity index (χ0n) is 15.7. The number of nitro groups is 1. The van der Waals surface area contributed by atoms with Crippen molar-refractivity contribution >= 4 is 21.7 Å². The Kier molecular flexibility index (Phi) is 6.45. The van der Waals surface area contributed by atoms with Crippen LogP contribution in [0.3, 0.4) is 0 Å². The molecule has 0 saturated carbocycles. The molecule has 0 unspecified atom stereocenters. The van der Waals surface area contributed by atoms with Gasteiger partial charge in [0.05, 0.1) is 22.0 Å². The molecule has 1 heterocycles. The normalized spacial score (nSPS) is 13.1. The fourth-order valence-electron chi connectivity index (χ4n) is 2.74. The predicted octanol–water partition coefficient (Wildman–Crippen LogP) is 2.28. The molecule has 0 atom stereocenters. The average molecular weight is 434 g/mol. The lowest BCUT2D eigenvalue weighted by Crippen LogP contribution is -2.23. The van der Waals surface area contributed by atoms with E-state index in [1.54, 1.807) is 0 Å². The maximum Gasteiger partial charge on any atom is 0.338 e. The first-order chi connectivity index (χ1) is 14.3. The molecule has 0 saturated heterocycles. The molecule has 30 heavy (non-hydrogen) atoms. The second kappa shape index (κ2) is 9.03. The number of ether oxygens (including phenoxy) is 3. The van der Waals surface area contributed by atoms with Crippen molar-refractivity contribution in [1.29, 1.82) is 0 Å². The lowest BCUT2D eigenvalue weighted by Gasteiger charge is -2.20. The van der Waals surface area contributed by atoms with Crippen LogP contribution in [0.2, 0.25) is 0 Å². The highest BCUT2D eigenvalue weighted by Crippen LogP contribution is 2.33. The predicted molar refractivity (Wildman–Crippen MR) is 104 cm³/mol. The van der Waals surface area contributed by atoms with Crippen molar-refractivity contribution < 1.29 is 32.3 Å². The summed E-state index contributed by atoms with van der Waals surface area (Å²) in [7, 11) is -3.71. The summed E-state index contributed by atoms with van der Waals surface area (Å²) in [5, 5.41) is 11.1. The Labute approximate surface area is 172 Å². The van der Waals surface area contributed by atoms with Gasteiger partial charge in [0.25, 0.3) is 5.69 Å². The molecule has 1 aliphatic heterocycles. The van der Waals surface area contributed by atoms with Crippen LogP contribution < -0.4 is 9.46 Å². The van der Waals surface area contributed by atoms with E-state index in [-0.39, 0.29) is 42.7 Å². The molecule has 1 aliphatic rings. The second-order valence-corrected chi connectivity index (χ2v) is 7.97. The maximum absolute atomic E-state index is 12.3. The first-order valence-electron chi connectivity index (χ1n) is 8.70. The molecule has 0 aromatic heterocycles. The van der Waals surface area contributed by atoms with Gasteiger partial charge in [0.15, 0.2) is 6.79 Å². The van der Waals surface area contributed by atoms with E-state index in [9.17, 15) is 23.3 Å². The van der Waals surface area contributed by atoms with E-state index in [0.717, 1.165) is 0 Å². The monoisotopic (exact) mass is 434 g/mol. The smallest absolute Gasteiger partial charge is 0.338 e. The Bertz CT molecular complexity index is 1080. The fourth-order valence-corrected chi connectivity index (χ4v) is 3.74. The van der Waals surface area contributed by atoms with Gasteiger partial charge in [-0.2, -0.15) is 0 Å². The van der Waals surface area contributed by atoms with Gasteiger partial charge in [-0.25, -0.2) is 17.9 Å². The Hall–Kier alpha value is -3.28. The number of nitrogens with one attached hydrogen (secondary N) is 1. The average Bonchev–Trinajstić information content (AvgIpc) is 2.75. The molecule has 0 spiro atoms. The zero-order valence-corrected chi connectivity index (χ0v) is 16.5. The van der Waals surface area contributed by atoms with Crippen LogP contribution in [0, 0.1) is 10.1 Å². The van der Waals surface area contributed by atoms with Gasteiger partial charge in [-0.15, -0.1) is 6.58 Å². The van der Waals surface area contributed by atoms with Gasteiger partial charge in [0.1, 0.15) is 12.4 Å². The van der Waals surface area contributed by atoms with E-state index in [2.05, 4.69) is 11.3 Å². The summed E-state index contributed by atoms with van der Waals surface area (Å²) in [5.74, 6) is -0.334. The van der Waals surface area contributed by atoms with Gasteiger partial charge in [-0.3, -0.25) is 10.1 Å². The quantitative estimate of drug-likeness (QED) is 0.289. The molecule has 2 aromatic rings. The minimum atomic E-state index is -3.71. The number of nitrogens with zero attached hydrogens (tertiary/aromatic N) is 1. The molecule has 0 amide bonds. The molecule has 10 nitrogen and oxygen atoms in total. The van der Waals surface area contributed by atoms with Crippen LogP contribution in [0.25, 0.3) is 0 Å². The maximum atomic E-state index is 12.3. The molecule has 1 N–H and O–H groups in total. The topological polar surface area (TPSA) is 134 Å². The molecule has 158 valence electrons. The van der Waals surface area contributed by atoms with E-state index in [1.165, 1.54) is 42.5 Å². The van der Waals surface area contributed by atoms with Gasteiger partial charge in [0, 0.05) is 29.8 Å². The summed E-state index contributed by atoms with van der Waals surface area (Å²) in [6.45, 7) is 3.39. The van der Waals surface area contributed by atoms with E-state index >= 15 is 0 Å². The van der Waals surface area contributed by atoms with Crippen molar-refractivity contribution in [1.82, 2.24) is 4.72 Å². The van der Waals surface area contributed by atoms with E-state index in [1.807, 2.05) is 0 Å². The number of hydrogen-bond acceptors (Lipinski definition) is 8. The second-order valence-electron chi connectivity index (χ2n) is 6.20. The Morgan fingerprint density at radius 3 is 2.70 bits per heavy atom. The summed E-state index contributed by atoms with van der Waals surface area (Å²) in [4.78, 5) is 22.9. The molecule has 0 radical (unpaired) electrons. The van der Waals surface area contributed by atoms with Crippen molar-refractivity contribution in [3.63, 3.8) is 0 Å². The van der Waals surface area contributed by atoms with Crippen LogP contribution in [0.5, 0.6) is 5.75 Å². The van der Waals surface area contributed by atoms with Gasteiger partial charge >= 0.3 is 5.97 Å². The summed E-state index contributed by atoms with van der Waals surface area (Å²) in [5.41, 5.74) is 0.781. The Morgan fingerprint density at radius 1 is 1.30 bits per heavy atom. The minimum Gasteiger partial charge on any atom is -0.467 e. The lowest BCUT2D eigenvalue weighted by atomic mass is 10.1. The molecular formula is C19H18N2O8S. The lowest BCUT2D eigenvalue weighted by molar-refractivity contribution is -0.385. The highest BCUT2D eigenvalue weighted by Gasteiger charge is 2.22. The standard InChI is InChI=1S/C19H18N2O8S/c1-2-7-20-30(25,26)17-5-3-13(4-6-17)19(22)28-11-15-9-16(21(23)24)8-14-10-27-12-29-18(14)15/h2-6,8-9,20H,1,7,10-12H2. The third-order valence-electron chi connectivity index (χ3n) is 4.16. The van der Waals surface area contributed by atoms with Crippen LogP contribution in [-0.4, -0.2) is 32.6 Å². The van der Waals surface area contributed by atoms with Crippen molar-refractivity contribution in [2.45, 2.75) is 18.1 Å². The molecule has 0 fully saturated rings. The first kappa shape index (κ1) is 21.4. The molecular weight excluding hydrogens is 416 g/mol. The van der Waals surface area contributed by atoms with Crippen molar-refractivity contribution in [2.24, 2.45) is 0 Å².